The molecule has 4 heterocycles. The highest BCUT2D eigenvalue weighted by molar-refractivity contribution is 5.84. The molecule has 49 heavy (non-hydrogen) atoms. The minimum Gasteiger partial charge on any atom is -0.387 e. The van der Waals surface area contributed by atoms with Gasteiger partial charge in [-0.3, -0.25) is 9.67 Å². The first-order valence-electron chi connectivity index (χ1n) is 16.4. The van der Waals surface area contributed by atoms with Gasteiger partial charge in [-0.15, -0.1) is 0 Å². The topological polar surface area (TPSA) is 170 Å². The molecule has 13 heteroatoms. The van der Waals surface area contributed by atoms with E-state index >= 15 is 0 Å². The van der Waals surface area contributed by atoms with Crippen molar-refractivity contribution in [2.75, 3.05) is 30.0 Å². The first-order chi connectivity index (χ1) is 24.0. The Labute approximate surface area is 283 Å². The Hall–Kier alpha value is -5.21. The van der Waals surface area contributed by atoms with Crippen LogP contribution in [0.1, 0.15) is 53.5 Å². The minimum atomic E-state index is -1.33. The number of fused-ring (bicyclic) bond motifs is 1. The molecule has 252 valence electrons. The van der Waals surface area contributed by atoms with E-state index in [0.29, 0.717) is 48.7 Å². The third-order valence-corrected chi connectivity index (χ3v) is 8.90. The Kier molecular flexibility index (Phi) is 9.57. The molecule has 3 aromatic heterocycles. The van der Waals surface area contributed by atoms with Crippen LogP contribution >= 0.6 is 0 Å². The number of aromatic amines is 1. The lowest BCUT2D eigenvalue weighted by atomic mass is 9.91. The highest BCUT2D eigenvalue weighted by atomic mass is 16.6. The van der Waals surface area contributed by atoms with Crippen LogP contribution < -0.4 is 10.2 Å². The van der Waals surface area contributed by atoms with E-state index in [2.05, 4.69) is 49.7 Å². The summed E-state index contributed by atoms with van der Waals surface area (Å²) < 4.78 is 7.79. The zero-order valence-electron chi connectivity index (χ0n) is 27.0. The van der Waals surface area contributed by atoms with Crippen LogP contribution in [0.4, 0.5) is 11.8 Å². The Bertz CT molecular complexity index is 1920. The van der Waals surface area contributed by atoms with Gasteiger partial charge in [0.1, 0.15) is 24.8 Å². The van der Waals surface area contributed by atoms with E-state index in [9.17, 15) is 15.3 Å². The Morgan fingerprint density at radius 3 is 2.20 bits per heavy atom. The third-order valence-electron chi connectivity index (χ3n) is 8.90. The standard InChI is InChI=1S/C36H39N9O4/c1-2-27-39-33(43-42-27)31-29(47)30(48)35(49-31)45-21-38-28-32(37-20-26(24-14-8-4-9-15-24)25-16-10-5-11-17-25)40-36(41-34(28)45)44(22-46)19-18-23-12-6-3-7-13-23/h3-17,21,26,29-31,35,46-48H,2,18-20,22H2,1H3,(H,37,40,41)(H,39,42,43)/t29-,30+,31-,35+/m0/s1. The number of aliphatic hydroxyl groups excluding tert-OH is 3. The van der Waals surface area contributed by atoms with Crippen LogP contribution in [0, 0.1) is 0 Å². The SMILES string of the molecule is CCc1nc([C@H]2O[C@@H](n3cnc4c(NCC(c5ccccc5)c5ccccc5)nc(N(CO)CCc5ccccc5)nc43)[C@H](O)[C@@H]2O)n[nH]1. The molecule has 0 saturated carbocycles. The molecular formula is C36H39N9O4. The van der Waals surface area contributed by atoms with Gasteiger partial charge >= 0.3 is 0 Å². The van der Waals surface area contributed by atoms with E-state index in [1.165, 1.54) is 6.33 Å². The maximum absolute atomic E-state index is 11.2. The normalized spacial score (nSPS) is 19.1. The van der Waals surface area contributed by atoms with Gasteiger partial charge in [-0.2, -0.15) is 15.1 Å². The van der Waals surface area contributed by atoms with Crippen molar-refractivity contribution in [2.24, 2.45) is 0 Å². The van der Waals surface area contributed by atoms with Crippen LogP contribution in [0.3, 0.4) is 0 Å². The van der Waals surface area contributed by atoms with Crippen LogP contribution in [-0.4, -0.2) is 82.0 Å². The van der Waals surface area contributed by atoms with E-state index in [0.717, 1.165) is 16.7 Å². The predicted molar refractivity (Wildman–Crippen MR) is 184 cm³/mol. The van der Waals surface area contributed by atoms with Crippen molar-refractivity contribution in [1.29, 1.82) is 0 Å². The molecule has 5 N–H and O–H groups in total. The van der Waals surface area contributed by atoms with Gasteiger partial charge in [0.05, 0.1) is 6.33 Å². The monoisotopic (exact) mass is 661 g/mol. The molecule has 3 aromatic carbocycles. The lowest BCUT2D eigenvalue weighted by Gasteiger charge is -2.23. The number of aliphatic hydroxyl groups is 3. The van der Waals surface area contributed by atoms with Gasteiger partial charge in [-0.1, -0.05) is 97.9 Å². The number of nitrogens with zero attached hydrogens (tertiary/aromatic N) is 7. The summed E-state index contributed by atoms with van der Waals surface area (Å²) in [6.45, 7) is 2.55. The fourth-order valence-corrected chi connectivity index (χ4v) is 6.19. The van der Waals surface area contributed by atoms with Crippen LogP contribution in [-0.2, 0) is 17.6 Å². The summed E-state index contributed by atoms with van der Waals surface area (Å²) in [7, 11) is 0. The molecule has 4 atom stereocenters. The van der Waals surface area contributed by atoms with Gasteiger partial charge < -0.3 is 30.3 Å². The van der Waals surface area contributed by atoms with Crippen LogP contribution in [0.25, 0.3) is 11.2 Å². The van der Waals surface area contributed by atoms with Crippen LogP contribution in [0.5, 0.6) is 0 Å². The zero-order valence-corrected chi connectivity index (χ0v) is 27.0. The highest BCUT2D eigenvalue weighted by Gasteiger charge is 2.47. The summed E-state index contributed by atoms with van der Waals surface area (Å²) in [6, 6.07) is 30.5. The van der Waals surface area contributed by atoms with Crippen molar-refractivity contribution >= 4 is 22.9 Å². The molecule has 7 rings (SSSR count). The fraction of sp³-hybridized carbons (Fsp3) is 0.306. The number of aromatic nitrogens is 7. The van der Waals surface area contributed by atoms with Crippen LogP contribution in [0.2, 0.25) is 0 Å². The van der Waals surface area contributed by atoms with Crippen molar-refractivity contribution < 1.29 is 20.1 Å². The number of nitrogens with one attached hydrogen (secondary N) is 2. The van der Waals surface area contributed by atoms with Crippen molar-refractivity contribution in [1.82, 2.24) is 34.7 Å². The van der Waals surface area contributed by atoms with E-state index in [-0.39, 0.29) is 24.4 Å². The zero-order chi connectivity index (χ0) is 33.7. The average molecular weight is 662 g/mol. The number of hydrogen-bond donors (Lipinski definition) is 5. The number of aryl methyl sites for hydroxylation is 1. The second kappa shape index (κ2) is 14.5. The maximum atomic E-state index is 11.2. The van der Waals surface area contributed by atoms with E-state index < -0.39 is 24.5 Å². The molecule has 0 radical (unpaired) electrons. The summed E-state index contributed by atoms with van der Waals surface area (Å²) in [5, 5.41) is 43.3. The lowest BCUT2D eigenvalue weighted by Crippen LogP contribution is -2.30. The second-order valence-corrected chi connectivity index (χ2v) is 12.0. The molecule has 0 amide bonds. The van der Waals surface area contributed by atoms with E-state index in [1.54, 1.807) is 9.47 Å². The average Bonchev–Trinajstić information content (AvgIpc) is 3.88. The summed E-state index contributed by atoms with van der Waals surface area (Å²) in [6.07, 6.45) is -1.82. The van der Waals surface area contributed by atoms with Gasteiger partial charge in [0.2, 0.25) is 5.95 Å². The van der Waals surface area contributed by atoms with E-state index in [4.69, 9.17) is 14.7 Å². The first kappa shape index (κ1) is 32.3. The number of rotatable bonds is 13. The number of hydrogen-bond acceptors (Lipinski definition) is 11. The van der Waals surface area contributed by atoms with Gasteiger partial charge in [0.15, 0.2) is 35.1 Å². The summed E-state index contributed by atoms with van der Waals surface area (Å²) in [4.78, 5) is 20.5. The minimum absolute atomic E-state index is 0.00441. The number of benzene rings is 3. The number of imidazole rings is 1. The fourth-order valence-electron chi connectivity index (χ4n) is 6.19. The molecule has 0 bridgehead atoms. The number of ether oxygens (including phenoxy) is 1. The predicted octanol–water partition coefficient (Wildman–Crippen LogP) is 3.74. The third kappa shape index (κ3) is 6.74. The molecule has 6 aromatic rings. The number of anilines is 2. The van der Waals surface area contributed by atoms with E-state index in [1.807, 2.05) is 73.7 Å². The summed E-state index contributed by atoms with van der Waals surface area (Å²) in [5.41, 5.74) is 4.20. The van der Waals surface area contributed by atoms with Gasteiger partial charge in [-0.25, -0.2) is 9.97 Å². The molecular weight excluding hydrogens is 622 g/mol. The van der Waals surface area contributed by atoms with Gasteiger partial charge in [0.25, 0.3) is 0 Å². The summed E-state index contributed by atoms with van der Waals surface area (Å²) >= 11 is 0. The molecule has 0 aliphatic carbocycles. The maximum Gasteiger partial charge on any atom is 0.231 e. The van der Waals surface area contributed by atoms with Crippen LogP contribution in [0.15, 0.2) is 97.3 Å². The van der Waals surface area contributed by atoms with Gasteiger partial charge in [0, 0.05) is 25.4 Å². The molecule has 1 fully saturated rings. The Morgan fingerprint density at radius 2 is 1.57 bits per heavy atom. The molecule has 0 unspecified atom stereocenters. The van der Waals surface area contributed by atoms with Crippen molar-refractivity contribution in [3.05, 3.63) is 126 Å². The number of H-pyrrole nitrogens is 1. The van der Waals surface area contributed by atoms with Crippen molar-refractivity contribution in [2.45, 2.75) is 50.2 Å². The van der Waals surface area contributed by atoms with Gasteiger partial charge in [-0.05, 0) is 23.1 Å². The lowest BCUT2D eigenvalue weighted by molar-refractivity contribution is -0.0382. The first-order valence-corrected chi connectivity index (χ1v) is 16.4. The molecule has 13 nitrogen and oxygen atoms in total. The Morgan fingerprint density at radius 1 is 0.898 bits per heavy atom. The molecule has 1 aliphatic rings. The van der Waals surface area contributed by atoms with Crippen molar-refractivity contribution in [3.8, 4) is 0 Å². The quantitative estimate of drug-likeness (QED) is 0.114. The van der Waals surface area contributed by atoms with Crippen molar-refractivity contribution in [3.63, 3.8) is 0 Å². The molecule has 1 saturated heterocycles. The highest BCUT2D eigenvalue weighted by Crippen LogP contribution is 2.39. The summed E-state index contributed by atoms with van der Waals surface area (Å²) in [5.74, 6) is 1.63. The molecule has 1 aliphatic heterocycles. The smallest absolute Gasteiger partial charge is 0.231 e. The molecule has 0 spiro atoms. The largest absolute Gasteiger partial charge is 0.387 e. The second-order valence-electron chi connectivity index (χ2n) is 12.0. The Balaban J connectivity index is 1.25.